The molecule has 0 saturated heterocycles. The normalized spacial score (nSPS) is 14.2. The van der Waals surface area contributed by atoms with Gasteiger partial charge in [-0.05, 0) is 43.5 Å². The van der Waals surface area contributed by atoms with Crippen molar-refractivity contribution in [1.82, 2.24) is 14.6 Å². The Balaban J connectivity index is 1.69. The SMILES string of the molecule is Cc1ccccc1C(=O)Nc1cccn2nc(C3CC3)nc12. The average Bonchev–Trinajstić information content (AvgIpc) is 3.27. The number of fused-ring (bicyclic) bond motifs is 1. The molecule has 5 nitrogen and oxygen atoms in total. The highest BCUT2D eigenvalue weighted by Gasteiger charge is 2.28. The summed E-state index contributed by atoms with van der Waals surface area (Å²) in [6.45, 7) is 1.93. The van der Waals surface area contributed by atoms with Gasteiger partial charge in [0.05, 0.1) is 5.69 Å². The van der Waals surface area contributed by atoms with Gasteiger partial charge in [-0.25, -0.2) is 9.50 Å². The Hall–Kier alpha value is -2.69. The van der Waals surface area contributed by atoms with Crippen molar-refractivity contribution in [3.05, 3.63) is 59.5 Å². The zero-order valence-corrected chi connectivity index (χ0v) is 12.3. The van der Waals surface area contributed by atoms with E-state index < -0.39 is 0 Å². The summed E-state index contributed by atoms with van der Waals surface area (Å²) in [5.41, 5.74) is 3.01. The summed E-state index contributed by atoms with van der Waals surface area (Å²) in [5.74, 6) is 1.24. The molecule has 1 aliphatic carbocycles. The van der Waals surface area contributed by atoms with E-state index >= 15 is 0 Å². The third-order valence-corrected chi connectivity index (χ3v) is 3.96. The van der Waals surface area contributed by atoms with Crippen LogP contribution in [-0.2, 0) is 0 Å². The van der Waals surface area contributed by atoms with Crippen molar-refractivity contribution in [2.45, 2.75) is 25.7 Å². The maximum absolute atomic E-state index is 12.5. The van der Waals surface area contributed by atoms with Crippen LogP contribution in [0.4, 0.5) is 5.69 Å². The van der Waals surface area contributed by atoms with Gasteiger partial charge in [0, 0.05) is 17.7 Å². The maximum Gasteiger partial charge on any atom is 0.256 e. The molecule has 1 saturated carbocycles. The number of benzene rings is 1. The van der Waals surface area contributed by atoms with Crippen molar-refractivity contribution < 1.29 is 4.79 Å². The first kappa shape index (κ1) is 13.0. The van der Waals surface area contributed by atoms with Crippen LogP contribution in [0.15, 0.2) is 42.6 Å². The van der Waals surface area contributed by atoms with E-state index in [2.05, 4.69) is 15.4 Å². The van der Waals surface area contributed by atoms with Crippen LogP contribution < -0.4 is 5.32 Å². The number of aryl methyl sites for hydroxylation is 1. The lowest BCUT2D eigenvalue weighted by Crippen LogP contribution is -2.14. The van der Waals surface area contributed by atoms with Crippen molar-refractivity contribution in [2.75, 3.05) is 5.32 Å². The van der Waals surface area contributed by atoms with E-state index in [1.54, 1.807) is 4.52 Å². The molecule has 5 heteroatoms. The Morgan fingerprint density at radius 3 is 2.82 bits per heavy atom. The number of aromatic nitrogens is 3. The zero-order valence-electron chi connectivity index (χ0n) is 12.3. The van der Waals surface area contributed by atoms with Crippen molar-refractivity contribution in [1.29, 1.82) is 0 Å². The lowest BCUT2D eigenvalue weighted by atomic mass is 10.1. The molecule has 2 heterocycles. The van der Waals surface area contributed by atoms with Crippen molar-refractivity contribution >= 4 is 17.2 Å². The van der Waals surface area contributed by atoms with Crippen LogP contribution in [0, 0.1) is 6.92 Å². The van der Waals surface area contributed by atoms with E-state index in [1.807, 2.05) is 49.5 Å². The van der Waals surface area contributed by atoms with Gasteiger partial charge in [-0.3, -0.25) is 4.79 Å². The molecule has 0 unspecified atom stereocenters. The Bertz CT molecular complexity index is 864. The second-order valence-electron chi connectivity index (χ2n) is 5.70. The fraction of sp³-hybridized carbons (Fsp3) is 0.235. The van der Waals surface area contributed by atoms with E-state index in [0.717, 1.165) is 24.2 Å². The van der Waals surface area contributed by atoms with E-state index in [-0.39, 0.29) is 5.91 Å². The van der Waals surface area contributed by atoms with E-state index in [0.29, 0.717) is 22.8 Å². The molecule has 0 radical (unpaired) electrons. The molecule has 22 heavy (non-hydrogen) atoms. The first-order chi connectivity index (χ1) is 10.7. The smallest absolute Gasteiger partial charge is 0.256 e. The number of amides is 1. The van der Waals surface area contributed by atoms with Gasteiger partial charge in [0.1, 0.15) is 0 Å². The fourth-order valence-electron chi connectivity index (χ4n) is 2.55. The highest BCUT2D eigenvalue weighted by molar-refractivity contribution is 6.06. The Labute approximate surface area is 128 Å². The minimum absolute atomic E-state index is 0.123. The number of hydrogen-bond acceptors (Lipinski definition) is 3. The van der Waals surface area contributed by atoms with Gasteiger partial charge in [-0.1, -0.05) is 18.2 Å². The van der Waals surface area contributed by atoms with Gasteiger partial charge in [0.25, 0.3) is 5.91 Å². The summed E-state index contributed by atoms with van der Waals surface area (Å²) in [6, 6.07) is 11.3. The van der Waals surface area contributed by atoms with E-state index in [1.165, 1.54) is 0 Å². The van der Waals surface area contributed by atoms with Crippen molar-refractivity contribution in [3.8, 4) is 0 Å². The minimum Gasteiger partial charge on any atom is -0.319 e. The zero-order chi connectivity index (χ0) is 15.1. The lowest BCUT2D eigenvalue weighted by molar-refractivity contribution is 0.102. The highest BCUT2D eigenvalue weighted by atomic mass is 16.1. The van der Waals surface area contributed by atoms with E-state index in [9.17, 15) is 4.79 Å². The average molecular weight is 292 g/mol. The summed E-state index contributed by atoms with van der Waals surface area (Å²) >= 11 is 0. The Morgan fingerprint density at radius 1 is 1.23 bits per heavy atom. The summed E-state index contributed by atoms with van der Waals surface area (Å²) in [4.78, 5) is 17.0. The molecule has 0 atom stereocenters. The predicted octanol–water partition coefficient (Wildman–Crippen LogP) is 3.17. The second kappa shape index (κ2) is 4.94. The molecule has 3 aromatic rings. The molecule has 4 rings (SSSR count). The molecule has 1 N–H and O–H groups in total. The predicted molar refractivity (Wildman–Crippen MR) is 84.1 cm³/mol. The van der Waals surface area contributed by atoms with Crippen LogP contribution in [0.25, 0.3) is 5.65 Å². The third kappa shape index (κ3) is 2.24. The van der Waals surface area contributed by atoms with Gasteiger partial charge in [-0.2, -0.15) is 5.10 Å². The van der Waals surface area contributed by atoms with Gasteiger partial charge < -0.3 is 5.32 Å². The number of pyridine rings is 1. The van der Waals surface area contributed by atoms with Crippen LogP contribution >= 0.6 is 0 Å². The van der Waals surface area contributed by atoms with Crippen molar-refractivity contribution in [3.63, 3.8) is 0 Å². The number of nitrogens with zero attached hydrogens (tertiary/aromatic N) is 3. The Morgan fingerprint density at radius 2 is 2.05 bits per heavy atom. The number of rotatable bonds is 3. The monoisotopic (exact) mass is 292 g/mol. The highest BCUT2D eigenvalue weighted by Crippen LogP contribution is 2.38. The molecule has 1 aromatic carbocycles. The lowest BCUT2D eigenvalue weighted by Gasteiger charge is -2.07. The topological polar surface area (TPSA) is 59.3 Å². The summed E-state index contributed by atoms with van der Waals surface area (Å²) in [7, 11) is 0. The molecular formula is C17H16N4O. The summed E-state index contributed by atoms with van der Waals surface area (Å²) < 4.78 is 1.74. The molecule has 0 bridgehead atoms. The first-order valence-corrected chi connectivity index (χ1v) is 7.44. The van der Waals surface area contributed by atoms with Crippen LogP contribution in [0.5, 0.6) is 0 Å². The molecule has 0 spiro atoms. The van der Waals surface area contributed by atoms with Crippen LogP contribution in [-0.4, -0.2) is 20.5 Å². The number of anilines is 1. The van der Waals surface area contributed by atoms with E-state index in [4.69, 9.17) is 0 Å². The minimum atomic E-state index is -0.123. The van der Waals surface area contributed by atoms with Gasteiger partial charge >= 0.3 is 0 Å². The standard InChI is InChI=1S/C17H16N4O/c1-11-5-2-3-6-13(11)17(22)18-14-7-4-10-21-16(14)19-15(20-21)12-8-9-12/h2-7,10,12H,8-9H2,1H3,(H,18,22). The number of hydrogen-bond donors (Lipinski definition) is 1. The number of carbonyl (C=O) groups excluding carboxylic acids is 1. The Kier molecular flexibility index (Phi) is 2.92. The molecule has 0 aliphatic heterocycles. The molecule has 1 amide bonds. The first-order valence-electron chi connectivity index (χ1n) is 7.44. The number of carbonyl (C=O) groups is 1. The van der Waals surface area contributed by atoms with Crippen molar-refractivity contribution in [2.24, 2.45) is 0 Å². The van der Waals surface area contributed by atoms with Crippen LogP contribution in [0.1, 0.15) is 40.5 Å². The quantitative estimate of drug-likeness (QED) is 0.806. The largest absolute Gasteiger partial charge is 0.319 e. The second-order valence-corrected chi connectivity index (χ2v) is 5.70. The maximum atomic E-state index is 12.5. The fourth-order valence-corrected chi connectivity index (χ4v) is 2.55. The van der Waals surface area contributed by atoms with Gasteiger partial charge in [-0.15, -0.1) is 0 Å². The molecule has 1 fully saturated rings. The third-order valence-electron chi connectivity index (χ3n) is 3.96. The molecule has 2 aromatic heterocycles. The number of nitrogens with one attached hydrogen (secondary N) is 1. The van der Waals surface area contributed by atoms with Gasteiger partial charge in [0.2, 0.25) is 0 Å². The molecule has 110 valence electrons. The van der Waals surface area contributed by atoms with Crippen LogP contribution in [0.3, 0.4) is 0 Å². The molecular weight excluding hydrogens is 276 g/mol. The summed E-state index contributed by atoms with van der Waals surface area (Å²) in [5, 5.41) is 7.44. The molecule has 1 aliphatic rings. The summed E-state index contributed by atoms with van der Waals surface area (Å²) in [6.07, 6.45) is 4.17. The van der Waals surface area contributed by atoms with Gasteiger partial charge in [0.15, 0.2) is 11.5 Å². The van der Waals surface area contributed by atoms with Crippen LogP contribution in [0.2, 0.25) is 0 Å².